The van der Waals surface area contributed by atoms with Crippen molar-refractivity contribution in [1.29, 1.82) is 0 Å². The predicted octanol–water partition coefficient (Wildman–Crippen LogP) is 2.34. The normalized spacial score (nSPS) is 24.0. The number of hydrogen-bond acceptors (Lipinski definition) is 4. The van der Waals surface area contributed by atoms with Crippen LogP contribution in [0.1, 0.15) is 18.4 Å². The van der Waals surface area contributed by atoms with Crippen molar-refractivity contribution in [3.8, 4) is 0 Å². The molecule has 3 N–H and O–H groups in total. The molecule has 1 aliphatic carbocycles. The number of fused-ring (bicyclic) bond motifs is 1. The molecule has 0 bridgehead atoms. The van der Waals surface area contributed by atoms with Crippen LogP contribution >= 0.6 is 11.6 Å². The van der Waals surface area contributed by atoms with Crippen LogP contribution < -0.4 is 5.32 Å². The van der Waals surface area contributed by atoms with Crippen LogP contribution in [0.25, 0.3) is 11.0 Å². The number of aromatic amines is 1. The van der Waals surface area contributed by atoms with Crippen molar-refractivity contribution in [3.05, 3.63) is 47.5 Å². The average Bonchev–Trinajstić information content (AvgIpc) is 3.26. The average molecular weight is 346 g/mol. The minimum Gasteiger partial charge on any atom is -0.391 e. The van der Waals surface area contributed by atoms with Gasteiger partial charge in [0, 0.05) is 43.1 Å². The van der Waals surface area contributed by atoms with Gasteiger partial charge in [0.05, 0.1) is 17.3 Å². The van der Waals surface area contributed by atoms with E-state index < -0.39 is 0 Å². The molecule has 1 unspecified atom stereocenters. The maximum Gasteiger partial charge on any atom is 0.137 e. The van der Waals surface area contributed by atoms with Gasteiger partial charge in [-0.25, -0.2) is 4.98 Å². The smallest absolute Gasteiger partial charge is 0.137 e. The molecule has 3 aromatic rings. The van der Waals surface area contributed by atoms with Crippen molar-refractivity contribution < 1.29 is 5.11 Å². The van der Waals surface area contributed by atoms with Gasteiger partial charge in [-0.05, 0) is 36.5 Å². The van der Waals surface area contributed by atoms with Crippen molar-refractivity contribution in [3.63, 3.8) is 0 Å². The number of aliphatic hydroxyl groups is 1. The standard InChI is InChI=1S/C17H20ClN5O/c18-13-8-22-23(10-13)9-11-5-15(16(24)6-11)21-7-12-1-3-19-17-14(12)2-4-20-17/h1-4,8,10-11,15-16,21,24H,5-7,9H2,(H,19,20)/t11?,15-,16-/m1/s1. The monoisotopic (exact) mass is 345 g/mol. The molecule has 6 nitrogen and oxygen atoms in total. The second kappa shape index (κ2) is 6.55. The summed E-state index contributed by atoms with van der Waals surface area (Å²) >= 11 is 5.91. The zero-order chi connectivity index (χ0) is 16.5. The van der Waals surface area contributed by atoms with Crippen LogP contribution in [-0.4, -0.2) is 37.0 Å². The lowest BCUT2D eigenvalue weighted by molar-refractivity contribution is 0.145. The molecule has 0 aromatic carbocycles. The number of aliphatic hydroxyl groups excluding tert-OH is 1. The molecule has 7 heteroatoms. The molecule has 0 spiro atoms. The third kappa shape index (κ3) is 3.17. The third-order valence-corrected chi connectivity index (χ3v) is 4.97. The highest BCUT2D eigenvalue weighted by atomic mass is 35.5. The number of rotatable bonds is 5. The molecule has 1 fully saturated rings. The molecular formula is C17H20ClN5O. The summed E-state index contributed by atoms with van der Waals surface area (Å²) in [6.07, 6.45) is 8.57. The lowest BCUT2D eigenvalue weighted by atomic mass is 10.1. The molecule has 3 heterocycles. The lowest BCUT2D eigenvalue weighted by Crippen LogP contribution is -2.35. The van der Waals surface area contributed by atoms with Crippen LogP contribution in [0, 0.1) is 5.92 Å². The zero-order valence-corrected chi connectivity index (χ0v) is 13.9. The van der Waals surface area contributed by atoms with Gasteiger partial charge in [0.1, 0.15) is 5.65 Å². The summed E-state index contributed by atoms with van der Waals surface area (Å²) in [6.45, 7) is 1.51. The van der Waals surface area contributed by atoms with Gasteiger partial charge in [-0.3, -0.25) is 4.68 Å². The summed E-state index contributed by atoms with van der Waals surface area (Å²) in [5.74, 6) is 0.401. The highest BCUT2D eigenvalue weighted by Gasteiger charge is 2.32. The van der Waals surface area contributed by atoms with E-state index in [-0.39, 0.29) is 12.1 Å². The highest BCUT2D eigenvalue weighted by Crippen LogP contribution is 2.28. The third-order valence-electron chi connectivity index (χ3n) is 4.78. The number of pyridine rings is 1. The predicted molar refractivity (Wildman–Crippen MR) is 92.7 cm³/mol. The second-order valence-corrected chi connectivity index (χ2v) is 6.92. The molecule has 0 aliphatic heterocycles. The molecule has 126 valence electrons. The Hall–Kier alpha value is -1.89. The Morgan fingerprint density at radius 1 is 1.38 bits per heavy atom. The Labute approximate surface area is 144 Å². The van der Waals surface area contributed by atoms with Gasteiger partial charge in [0.25, 0.3) is 0 Å². The van der Waals surface area contributed by atoms with E-state index in [1.54, 1.807) is 6.20 Å². The Balaban J connectivity index is 1.37. The fraction of sp³-hybridized carbons (Fsp3) is 0.412. The van der Waals surface area contributed by atoms with E-state index in [4.69, 9.17) is 11.6 Å². The Morgan fingerprint density at radius 3 is 3.12 bits per heavy atom. The number of hydrogen-bond donors (Lipinski definition) is 3. The number of aromatic nitrogens is 4. The first-order valence-electron chi connectivity index (χ1n) is 8.19. The Kier molecular flexibility index (Phi) is 4.26. The number of H-pyrrole nitrogens is 1. The fourth-order valence-electron chi connectivity index (χ4n) is 3.60. The SMILES string of the molecule is O[C@@H]1CC(Cn2cc(Cl)cn2)C[C@H]1NCc1ccnc2[nH]ccc12. The van der Waals surface area contributed by atoms with Gasteiger partial charge in [-0.2, -0.15) is 5.10 Å². The van der Waals surface area contributed by atoms with E-state index in [0.29, 0.717) is 10.9 Å². The van der Waals surface area contributed by atoms with Crippen molar-refractivity contribution in [2.75, 3.05) is 0 Å². The summed E-state index contributed by atoms with van der Waals surface area (Å²) in [5.41, 5.74) is 2.09. The van der Waals surface area contributed by atoms with Crippen molar-refractivity contribution in [1.82, 2.24) is 25.1 Å². The summed E-state index contributed by atoms with van der Waals surface area (Å²) in [7, 11) is 0. The van der Waals surface area contributed by atoms with Gasteiger partial charge in [0.2, 0.25) is 0 Å². The van der Waals surface area contributed by atoms with Crippen molar-refractivity contribution >= 4 is 22.6 Å². The molecule has 0 radical (unpaired) electrons. The largest absolute Gasteiger partial charge is 0.391 e. The van der Waals surface area contributed by atoms with Gasteiger partial charge in [-0.15, -0.1) is 0 Å². The molecule has 4 rings (SSSR count). The highest BCUT2D eigenvalue weighted by molar-refractivity contribution is 6.30. The first kappa shape index (κ1) is 15.6. The summed E-state index contributed by atoms with van der Waals surface area (Å²) in [6, 6.07) is 4.16. The van der Waals surface area contributed by atoms with Gasteiger partial charge in [0.15, 0.2) is 0 Å². The Morgan fingerprint density at radius 2 is 2.29 bits per heavy atom. The van der Waals surface area contributed by atoms with Crippen LogP contribution in [0.5, 0.6) is 0 Å². The van der Waals surface area contributed by atoms with Gasteiger partial charge in [-0.1, -0.05) is 11.6 Å². The van der Waals surface area contributed by atoms with Crippen LogP contribution in [-0.2, 0) is 13.1 Å². The fourth-order valence-corrected chi connectivity index (χ4v) is 3.76. The number of nitrogens with one attached hydrogen (secondary N) is 2. The summed E-state index contributed by atoms with van der Waals surface area (Å²) < 4.78 is 1.86. The minimum absolute atomic E-state index is 0.100. The molecule has 0 saturated heterocycles. The minimum atomic E-state index is -0.329. The molecule has 1 aliphatic rings. The van der Waals surface area contributed by atoms with E-state index in [1.165, 1.54) is 5.56 Å². The van der Waals surface area contributed by atoms with Crippen molar-refractivity contribution in [2.45, 2.75) is 38.1 Å². The molecule has 24 heavy (non-hydrogen) atoms. The van der Waals surface area contributed by atoms with Gasteiger partial charge < -0.3 is 15.4 Å². The maximum atomic E-state index is 10.4. The topological polar surface area (TPSA) is 78.8 Å². The molecule has 3 atom stereocenters. The molecular weight excluding hydrogens is 326 g/mol. The Bertz CT molecular complexity index is 829. The van der Waals surface area contributed by atoms with E-state index in [0.717, 1.165) is 37.0 Å². The van der Waals surface area contributed by atoms with E-state index in [9.17, 15) is 5.11 Å². The van der Waals surface area contributed by atoms with Crippen LogP contribution in [0.4, 0.5) is 0 Å². The van der Waals surface area contributed by atoms with E-state index in [2.05, 4.69) is 20.4 Å². The first-order valence-corrected chi connectivity index (χ1v) is 8.57. The van der Waals surface area contributed by atoms with E-state index >= 15 is 0 Å². The van der Waals surface area contributed by atoms with Gasteiger partial charge >= 0.3 is 0 Å². The van der Waals surface area contributed by atoms with Crippen LogP contribution in [0.2, 0.25) is 5.02 Å². The first-order chi connectivity index (χ1) is 11.7. The van der Waals surface area contributed by atoms with Crippen molar-refractivity contribution in [2.24, 2.45) is 5.92 Å². The molecule has 0 amide bonds. The van der Waals surface area contributed by atoms with Crippen LogP contribution in [0.15, 0.2) is 36.9 Å². The maximum absolute atomic E-state index is 10.4. The quantitative estimate of drug-likeness (QED) is 0.663. The van der Waals surface area contributed by atoms with Crippen LogP contribution in [0.3, 0.4) is 0 Å². The zero-order valence-electron chi connectivity index (χ0n) is 13.2. The molecule has 1 saturated carbocycles. The molecule has 3 aromatic heterocycles. The number of halogens is 1. The van der Waals surface area contributed by atoms with E-state index in [1.807, 2.05) is 35.4 Å². The lowest BCUT2D eigenvalue weighted by Gasteiger charge is -2.16. The second-order valence-electron chi connectivity index (χ2n) is 6.48. The summed E-state index contributed by atoms with van der Waals surface area (Å²) in [4.78, 5) is 7.43. The number of nitrogens with zero attached hydrogens (tertiary/aromatic N) is 3. The summed E-state index contributed by atoms with van der Waals surface area (Å²) in [5, 5.41) is 19.9.